The van der Waals surface area contributed by atoms with Crippen molar-refractivity contribution in [2.24, 2.45) is 0 Å². The predicted molar refractivity (Wildman–Crippen MR) is 107 cm³/mol. The summed E-state index contributed by atoms with van der Waals surface area (Å²) in [6.07, 6.45) is 0. The molecule has 0 bridgehead atoms. The van der Waals surface area contributed by atoms with Crippen molar-refractivity contribution in [3.8, 4) is 17.1 Å². The van der Waals surface area contributed by atoms with Gasteiger partial charge in [0, 0.05) is 21.6 Å². The van der Waals surface area contributed by atoms with Gasteiger partial charge in [0.1, 0.15) is 10.6 Å². The Hall–Kier alpha value is -1.75. The molecular formula is C17H15Br2N3O4S. The van der Waals surface area contributed by atoms with Gasteiger partial charge in [-0.05, 0) is 30.3 Å². The van der Waals surface area contributed by atoms with Gasteiger partial charge in [-0.3, -0.25) is 0 Å². The summed E-state index contributed by atoms with van der Waals surface area (Å²) >= 11 is 6.67. The summed E-state index contributed by atoms with van der Waals surface area (Å²) in [5.41, 5.74) is 0.763. The molecule has 0 aliphatic carbocycles. The van der Waals surface area contributed by atoms with Crippen LogP contribution in [0.5, 0.6) is 5.75 Å². The van der Waals surface area contributed by atoms with Crippen LogP contribution in [0, 0.1) is 0 Å². The predicted octanol–water partition coefficient (Wildman–Crippen LogP) is 4.09. The van der Waals surface area contributed by atoms with Crippen LogP contribution in [0.25, 0.3) is 11.4 Å². The zero-order chi connectivity index (χ0) is 19.6. The largest absolute Gasteiger partial charge is 0.495 e. The fourth-order valence-corrected chi connectivity index (χ4v) is 4.57. The second kappa shape index (κ2) is 8.09. The van der Waals surface area contributed by atoms with Crippen LogP contribution in [0.2, 0.25) is 0 Å². The second-order valence-electron chi connectivity index (χ2n) is 5.58. The van der Waals surface area contributed by atoms with Crippen LogP contribution in [0.4, 0.5) is 0 Å². The average Bonchev–Trinajstić information content (AvgIpc) is 3.10. The Labute approximate surface area is 173 Å². The second-order valence-corrected chi connectivity index (χ2v) is 9.42. The van der Waals surface area contributed by atoms with Crippen molar-refractivity contribution in [1.29, 1.82) is 0 Å². The van der Waals surface area contributed by atoms with E-state index in [0.29, 0.717) is 10.3 Å². The van der Waals surface area contributed by atoms with Gasteiger partial charge >= 0.3 is 0 Å². The smallest absolute Gasteiger partial charge is 0.247 e. The highest BCUT2D eigenvalue weighted by Crippen LogP contribution is 2.30. The third-order valence-corrected chi connectivity index (χ3v) is 6.53. The molecule has 2 aromatic carbocycles. The lowest BCUT2D eigenvalue weighted by atomic mass is 10.2. The normalized spacial score (nSPS) is 11.7. The van der Waals surface area contributed by atoms with Gasteiger partial charge in [0.25, 0.3) is 0 Å². The summed E-state index contributed by atoms with van der Waals surface area (Å²) < 4.78 is 38.9. The van der Waals surface area contributed by atoms with E-state index >= 15 is 0 Å². The van der Waals surface area contributed by atoms with Crippen molar-refractivity contribution in [2.45, 2.75) is 11.4 Å². The van der Waals surface area contributed by atoms with Gasteiger partial charge in [-0.2, -0.15) is 9.29 Å². The number of hydrogen-bond donors (Lipinski definition) is 0. The van der Waals surface area contributed by atoms with Crippen LogP contribution in [-0.4, -0.2) is 37.0 Å². The fraction of sp³-hybridized carbons (Fsp3) is 0.176. The van der Waals surface area contributed by atoms with Gasteiger partial charge in [-0.1, -0.05) is 49.1 Å². The van der Waals surface area contributed by atoms with Crippen molar-refractivity contribution in [2.75, 3.05) is 14.2 Å². The maximum atomic E-state index is 12.9. The molecule has 27 heavy (non-hydrogen) atoms. The summed E-state index contributed by atoms with van der Waals surface area (Å²) in [4.78, 5) is 4.33. The van der Waals surface area contributed by atoms with E-state index in [4.69, 9.17) is 9.26 Å². The quantitative estimate of drug-likeness (QED) is 0.490. The van der Waals surface area contributed by atoms with E-state index in [1.807, 2.05) is 24.3 Å². The Balaban J connectivity index is 1.85. The van der Waals surface area contributed by atoms with E-state index in [2.05, 4.69) is 42.0 Å². The molecule has 142 valence electrons. The highest BCUT2D eigenvalue weighted by Gasteiger charge is 2.27. The van der Waals surface area contributed by atoms with Crippen LogP contribution in [0.3, 0.4) is 0 Å². The maximum absolute atomic E-state index is 12.9. The molecular weight excluding hydrogens is 502 g/mol. The number of hydrogen-bond acceptors (Lipinski definition) is 6. The molecule has 10 heteroatoms. The van der Waals surface area contributed by atoms with Crippen LogP contribution < -0.4 is 4.74 Å². The molecule has 3 rings (SSSR count). The molecule has 0 aliphatic heterocycles. The van der Waals surface area contributed by atoms with E-state index < -0.39 is 10.0 Å². The lowest BCUT2D eigenvalue weighted by molar-refractivity contribution is 0.335. The monoisotopic (exact) mass is 515 g/mol. The van der Waals surface area contributed by atoms with E-state index in [1.54, 1.807) is 12.1 Å². The molecule has 1 heterocycles. The molecule has 0 saturated carbocycles. The van der Waals surface area contributed by atoms with Gasteiger partial charge < -0.3 is 9.26 Å². The van der Waals surface area contributed by atoms with Crippen LogP contribution in [0.15, 0.2) is 60.8 Å². The molecule has 0 radical (unpaired) electrons. The van der Waals surface area contributed by atoms with E-state index in [-0.39, 0.29) is 23.1 Å². The highest BCUT2D eigenvalue weighted by molar-refractivity contribution is 9.10. The number of rotatable bonds is 6. The number of ether oxygens (including phenoxy) is 1. The van der Waals surface area contributed by atoms with E-state index in [0.717, 1.165) is 14.3 Å². The lowest BCUT2D eigenvalue weighted by Crippen LogP contribution is -2.27. The molecule has 0 saturated heterocycles. The minimum absolute atomic E-state index is 0.0496. The molecule has 7 nitrogen and oxygen atoms in total. The van der Waals surface area contributed by atoms with Crippen molar-refractivity contribution < 1.29 is 17.7 Å². The third-order valence-electron chi connectivity index (χ3n) is 3.72. The molecule has 1 aromatic heterocycles. The molecule has 0 aliphatic rings. The first-order valence-electron chi connectivity index (χ1n) is 7.69. The molecule has 0 amide bonds. The Morgan fingerprint density at radius 2 is 1.89 bits per heavy atom. The van der Waals surface area contributed by atoms with Gasteiger partial charge in [0.15, 0.2) is 0 Å². The van der Waals surface area contributed by atoms with Gasteiger partial charge in [-0.25, -0.2) is 8.42 Å². The fourth-order valence-electron chi connectivity index (χ4n) is 2.36. The lowest BCUT2D eigenvalue weighted by Gasteiger charge is -2.17. The maximum Gasteiger partial charge on any atom is 0.247 e. The minimum Gasteiger partial charge on any atom is -0.495 e. The van der Waals surface area contributed by atoms with E-state index in [9.17, 15) is 8.42 Å². The number of halogens is 2. The Morgan fingerprint density at radius 1 is 1.15 bits per heavy atom. The van der Waals surface area contributed by atoms with E-state index in [1.165, 1.54) is 20.2 Å². The number of sulfonamides is 1. The number of benzene rings is 2. The molecule has 0 unspecified atom stereocenters. The Bertz CT molecular complexity index is 1070. The zero-order valence-corrected chi connectivity index (χ0v) is 18.4. The first kappa shape index (κ1) is 20.0. The van der Waals surface area contributed by atoms with Crippen molar-refractivity contribution >= 4 is 41.9 Å². The van der Waals surface area contributed by atoms with Crippen molar-refractivity contribution in [1.82, 2.24) is 14.4 Å². The first-order valence-corrected chi connectivity index (χ1v) is 10.7. The topological polar surface area (TPSA) is 85.5 Å². The molecule has 0 fully saturated rings. The first-order chi connectivity index (χ1) is 12.8. The number of nitrogens with zero attached hydrogens (tertiary/aromatic N) is 3. The molecule has 0 N–H and O–H groups in total. The minimum atomic E-state index is -3.82. The van der Waals surface area contributed by atoms with Gasteiger partial charge in [-0.15, -0.1) is 0 Å². The van der Waals surface area contributed by atoms with Crippen molar-refractivity contribution in [3.63, 3.8) is 0 Å². The third kappa shape index (κ3) is 4.40. The van der Waals surface area contributed by atoms with Gasteiger partial charge in [0.05, 0.1) is 13.7 Å². The Morgan fingerprint density at radius 3 is 2.59 bits per heavy atom. The van der Waals surface area contributed by atoms with Gasteiger partial charge in [0.2, 0.25) is 21.7 Å². The molecule has 0 spiro atoms. The van der Waals surface area contributed by atoms with Crippen LogP contribution in [0.1, 0.15) is 5.89 Å². The van der Waals surface area contributed by atoms with Crippen LogP contribution in [-0.2, 0) is 16.6 Å². The molecule has 0 atom stereocenters. The average molecular weight is 517 g/mol. The summed E-state index contributed by atoms with van der Waals surface area (Å²) in [6.45, 7) is -0.0704. The van der Waals surface area contributed by atoms with Crippen LogP contribution >= 0.6 is 31.9 Å². The van der Waals surface area contributed by atoms with Crippen molar-refractivity contribution in [3.05, 3.63) is 57.3 Å². The Kier molecular flexibility index (Phi) is 5.99. The summed E-state index contributed by atoms with van der Waals surface area (Å²) in [5, 5.41) is 3.92. The number of aromatic nitrogens is 2. The summed E-state index contributed by atoms with van der Waals surface area (Å²) in [5.74, 6) is 0.826. The number of methoxy groups -OCH3 is 1. The zero-order valence-electron chi connectivity index (χ0n) is 14.4. The SMILES string of the molecule is COc1ccc(Br)cc1S(=O)(=O)N(C)Cc1nc(-c2cccc(Br)c2)no1. The highest BCUT2D eigenvalue weighted by atomic mass is 79.9. The standard InChI is InChI=1S/C17H15Br2N3O4S/c1-22(27(23,24)15-9-13(19)6-7-14(15)25-2)10-16-20-17(21-26-16)11-4-3-5-12(18)8-11/h3-9H,10H2,1-2H3. The molecule has 3 aromatic rings. The summed E-state index contributed by atoms with van der Waals surface area (Å²) in [7, 11) is -0.957. The summed E-state index contributed by atoms with van der Waals surface area (Å²) in [6, 6.07) is 12.2.